The Hall–Kier alpha value is -1.11. The summed E-state index contributed by atoms with van der Waals surface area (Å²) in [6.07, 6.45) is 3.42. The lowest BCUT2D eigenvalue weighted by atomic mass is 10.3. The molecule has 1 aromatic heterocycles. The van der Waals surface area contributed by atoms with Crippen LogP contribution in [-0.4, -0.2) is 43.3 Å². The molecule has 0 atom stereocenters. The summed E-state index contributed by atoms with van der Waals surface area (Å²) >= 11 is 5.92. The molecule has 0 saturated carbocycles. The van der Waals surface area contributed by atoms with Crippen LogP contribution in [0.15, 0.2) is 11.0 Å². The van der Waals surface area contributed by atoms with Crippen molar-refractivity contribution in [1.29, 1.82) is 0 Å². The van der Waals surface area contributed by atoms with Gasteiger partial charge in [0, 0.05) is 27.3 Å². The van der Waals surface area contributed by atoms with Crippen LogP contribution in [0.5, 0.6) is 0 Å². The van der Waals surface area contributed by atoms with Gasteiger partial charge >= 0.3 is 0 Å². The van der Waals surface area contributed by atoms with Crippen LogP contribution in [0.25, 0.3) is 0 Å². The Morgan fingerprint density at radius 2 is 2.16 bits per heavy atom. The molecule has 0 aliphatic carbocycles. The van der Waals surface area contributed by atoms with Crippen LogP contribution in [0.1, 0.15) is 12.8 Å². The second kappa shape index (κ2) is 8.90. The van der Waals surface area contributed by atoms with E-state index in [0.717, 1.165) is 19.4 Å². The summed E-state index contributed by atoms with van der Waals surface area (Å²) in [6, 6.07) is 0. The third-order valence-electron chi connectivity index (χ3n) is 2.54. The summed E-state index contributed by atoms with van der Waals surface area (Å²) in [5.41, 5.74) is 0.277. The maximum absolute atomic E-state index is 11.5. The highest BCUT2D eigenvalue weighted by molar-refractivity contribution is 6.32. The first-order valence-electron chi connectivity index (χ1n) is 6.19. The lowest BCUT2D eigenvalue weighted by Crippen LogP contribution is -2.21. The van der Waals surface area contributed by atoms with Crippen molar-refractivity contribution in [3.8, 4) is 0 Å². The number of nitrogens with one attached hydrogen (secondary N) is 1. The van der Waals surface area contributed by atoms with E-state index in [-0.39, 0.29) is 10.6 Å². The molecule has 19 heavy (non-hydrogen) atoms. The molecule has 1 heterocycles. The van der Waals surface area contributed by atoms with E-state index in [0.29, 0.717) is 25.5 Å². The quantitative estimate of drug-likeness (QED) is 0.694. The number of unbranched alkanes of at least 4 members (excludes halogenated alkanes) is 1. The van der Waals surface area contributed by atoms with E-state index >= 15 is 0 Å². The summed E-state index contributed by atoms with van der Waals surface area (Å²) in [7, 11) is 3.21. The van der Waals surface area contributed by atoms with E-state index in [1.807, 2.05) is 0 Å². The third-order valence-corrected chi connectivity index (χ3v) is 2.91. The summed E-state index contributed by atoms with van der Waals surface area (Å²) in [6.45, 7) is 2.66. The fraction of sp³-hybridized carbons (Fsp3) is 0.667. The normalized spacial score (nSPS) is 10.7. The molecule has 1 N–H and O–H groups in total. The zero-order valence-electron chi connectivity index (χ0n) is 11.3. The summed E-state index contributed by atoms with van der Waals surface area (Å²) < 4.78 is 11.4. The van der Waals surface area contributed by atoms with Crippen LogP contribution in [0.4, 0.5) is 5.69 Å². The number of hydrogen-bond donors (Lipinski definition) is 1. The molecule has 0 fully saturated rings. The maximum atomic E-state index is 11.5. The number of aromatic nitrogens is 2. The zero-order chi connectivity index (χ0) is 14.1. The van der Waals surface area contributed by atoms with Gasteiger partial charge < -0.3 is 14.8 Å². The topological polar surface area (TPSA) is 65.4 Å². The van der Waals surface area contributed by atoms with Crippen molar-refractivity contribution in [3.63, 3.8) is 0 Å². The van der Waals surface area contributed by atoms with Gasteiger partial charge in [0.1, 0.15) is 5.02 Å². The summed E-state index contributed by atoms with van der Waals surface area (Å²) in [5.74, 6) is 0. The van der Waals surface area contributed by atoms with Crippen molar-refractivity contribution in [1.82, 2.24) is 9.78 Å². The van der Waals surface area contributed by atoms with Crippen molar-refractivity contribution in [2.45, 2.75) is 12.8 Å². The number of hydrogen-bond acceptors (Lipinski definition) is 5. The molecule has 0 spiro atoms. The molecule has 0 aliphatic heterocycles. The van der Waals surface area contributed by atoms with Crippen molar-refractivity contribution < 1.29 is 9.47 Å². The lowest BCUT2D eigenvalue weighted by Gasteiger charge is -2.08. The second-order valence-corrected chi connectivity index (χ2v) is 4.42. The largest absolute Gasteiger partial charge is 0.382 e. The molecule has 0 unspecified atom stereocenters. The maximum Gasteiger partial charge on any atom is 0.287 e. The van der Waals surface area contributed by atoms with E-state index in [9.17, 15) is 4.79 Å². The SMILES string of the molecule is COCCOCCCCNc1cnn(C)c(=O)c1Cl. The molecule has 0 aromatic carbocycles. The molecular weight excluding hydrogens is 270 g/mol. The first-order valence-corrected chi connectivity index (χ1v) is 6.57. The van der Waals surface area contributed by atoms with Crippen molar-refractivity contribution in [3.05, 3.63) is 21.6 Å². The van der Waals surface area contributed by atoms with Crippen molar-refractivity contribution in [2.24, 2.45) is 7.05 Å². The van der Waals surface area contributed by atoms with Crippen LogP contribution >= 0.6 is 11.6 Å². The highest BCUT2D eigenvalue weighted by Gasteiger charge is 2.06. The van der Waals surface area contributed by atoms with E-state index in [4.69, 9.17) is 21.1 Å². The summed E-state index contributed by atoms with van der Waals surface area (Å²) in [4.78, 5) is 11.5. The predicted molar refractivity (Wildman–Crippen MR) is 74.9 cm³/mol. The average molecular weight is 290 g/mol. The van der Waals surface area contributed by atoms with Gasteiger partial charge in [-0.3, -0.25) is 4.79 Å². The number of methoxy groups -OCH3 is 1. The number of ether oxygens (including phenoxy) is 2. The molecule has 7 heteroatoms. The van der Waals surface area contributed by atoms with Gasteiger partial charge in [-0.15, -0.1) is 0 Å². The second-order valence-electron chi connectivity index (χ2n) is 4.04. The Bertz CT molecular complexity index is 437. The minimum absolute atomic E-state index is 0.175. The number of aryl methyl sites for hydroxylation is 1. The fourth-order valence-electron chi connectivity index (χ4n) is 1.43. The predicted octanol–water partition coefficient (Wildman–Crippen LogP) is 1.29. The molecule has 6 nitrogen and oxygen atoms in total. The van der Waals surface area contributed by atoms with Crippen LogP contribution in [0.2, 0.25) is 5.02 Å². The van der Waals surface area contributed by atoms with Gasteiger partial charge in [-0.25, -0.2) is 4.68 Å². The number of anilines is 1. The number of rotatable bonds is 9. The van der Waals surface area contributed by atoms with Gasteiger partial charge in [0.2, 0.25) is 0 Å². The Kier molecular flexibility index (Phi) is 7.47. The van der Waals surface area contributed by atoms with Gasteiger partial charge in [0.25, 0.3) is 5.56 Å². The highest BCUT2D eigenvalue weighted by atomic mass is 35.5. The molecular formula is C12H20ClN3O3. The number of halogens is 1. The molecule has 0 amide bonds. The molecule has 0 bridgehead atoms. The van der Waals surface area contributed by atoms with E-state index in [1.54, 1.807) is 20.4 Å². The Morgan fingerprint density at radius 3 is 2.89 bits per heavy atom. The monoisotopic (exact) mass is 289 g/mol. The minimum atomic E-state index is -0.297. The Balaban J connectivity index is 2.20. The van der Waals surface area contributed by atoms with E-state index in [1.165, 1.54) is 4.68 Å². The van der Waals surface area contributed by atoms with Crippen LogP contribution in [-0.2, 0) is 16.5 Å². The van der Waals surface area contributed by atoms with E-state index in [2.05, 4.69) is 10.4 Å². The van der Waals surface area contributed by atoms with Crippen molar-refractivity contribution >= 4 is 17.3 Å². The summed E-state index contributed by atoms with van der Waals surface area (Å²) in [5, 5.41) is 7.18. The molecule has 108 valence electrons. The number of nitrogens with zero attached hydrogens (tertiary/aromatic N) is 2. The molecule has 0 saturated heterocycles. The van der Waals surface area contributed by atoms with Gasteiger partial charge in [-0.05, 0) is 12.8 Å². The molecule has 1 aromatic rings. The Morgan fingerprint density at radius 1 is 1.37 bits per heavy atom. The van der Waals surface area contributed by atoms with Gasteiger partial charge in [-0.2, -0.15) is 5.10 Å². The molecule has 0 aliphatic rings. The van der Waals surface area contributed by atoms with E-state index < -0.39 is 0 Å². The van der Waals surface area contributed by atoms with Crippen LogP contribution < -0.4 is 10.9 Å². The lowest BCUT2D eigenvalue weighted by molar-refractivity contribution is 0.0691. The standard InChI is InChI=1S/C12H20ClN3O3/c1-16-12(17)11(13)10(9-15-16)14-5-3-4-6-19-8-7-18-2/h9,14H,3-8H2,1-2H3. The van der Waals surface area contributed by atoms with Crippen molar-refractivity contribution in [2.75, 3.05) is 38.8 Å². The van der Waals surface area contributed by atoms with Crippen LogP contribution in [0.3, 0.4) is 0 Å². The van der Waals surface area contributed by atoms with Gasteiger partial charge in [0.15, 0.2) is 0 Å². The van der Waals surface area contributed by atoms with Gasteiger partial charge in [-0.1, -0.05) is 11.6 Å². The smallest absolute Gasteiger partial charge is 0.287 e. The first-order chi connectivity index (χ1) is 9.16. The van der Waals surface area contributed by atoms with Gasteiger partial charge in [0.05, 0.1) is 25.1 Å². The zero-order valence-corrected chi connectivity index (χ0v) is 12.1. The third kappa shape index (κ3) is 5.59. The fourth-order valence-corrected chi connectivity index (χ4v) is 1.67. The minimum Gasteiger partial charge on any atom is -0.382 e. The highest BCUT2D eigenvalue weighted by Crippen LogP contribution is 2.14. The molecule has 0 radical (unpaired) electrons. The molecule has 1 rings (SSSR count). The average Bonchev–Trinajstić information content (AvgIpc) is 2.41. The first kappa shape index (κ1) is 15.9. The van der Waals surface area contributed by atoms with Crippen LogP contribution in [0, 0.1) is 0 Å². The Labute approximate surface area is 117 Å².